The van der Waals surface area contributed by atoms with E-state index >= 15 is 0 Å². The number of carbonyl (C=O) groups excluding carboxylic acids is 1. The zero-order valence-electron chi connectivity index (χ0n) is 10.8. The van der Waals surface area contributed by atoms with Gasteiger partial charge >= 0.3 is 0 Å². The highest BCUT2D eigenvalue weighted by Crippen LogP contribution is 2.20. The first kappa shape index (κ1) is 14.5. The van der Waals surface area contributed by atoms with Crippen LogP contribution in [0, 0.1) is 0 Å². The molecule has 0 fully saturated rings. The van der Waals surface area contributed by atoms with Crippen molar-refractivity contribution in [2.75, 3.05) is 5.75 Å². The number of amides is 1. The fourth-order valence-corrected chi connectivity index (χ4v) is 2.17. The van der Waals surface area contributed by atoms with E-state index in [0.29, 0.717) is 17.1 Å². The maximum atomic E-state index is 12.0. The van der Waals surface area contributed by atoms with Gasteiger partial charge in [0.1, 0.15) is 0 Å². The van der Waals surface area contributed by atoms with Crippen molar-refractivity contribution >= 4 is 24.4 Å². The predicted molar refractivity (Wildman–Crippen MR) is 78.7 cm³/mol. The normalized spacial score (nSPS) is 11.7. The fraction of sp³-hybridized carbons (Fsp3) is 0.286. The molecule has 0 bridgehead atoms. The number of rotatable bonds is 6. The lowest BCUT2D eigenvalue weighted by Crippen LogP contribution is -2.24. The van der Waals surface area contributed by atoms with Crippen molar-refractivity contribution in [3.8, 4) is 0 Å². The number of nitrogens with zero attached hydrogens (tertiary/aromatic N) is 1. The molecule has 0 spiro atoms. The average molecular weight is 262 g/mol. The summed E-state index contributed by atoms with van der Waals surface area (Å²) in [6.45, 7) is 7.79. The second-order valence-electron chi connectivity index (χ2n) is 3.67. The summed E-state index contributed by atoms with van der Waals surface area (Å²) in [4.78, 5) is 16.5. The number of nitrogens with one attached hydrogen (secondary N) is 1. The van der Waals surface area contributed by atoms with E-state index in [1.54, 1.807) is 6.92 Å². The molecule has 18 heavy (non-hydrogen) atoms. The maximum Gasteiger partial charge on any atom is 0.259 e. The van der Waals surface area contributed by atoms with E-state index in [1.807, 2.05) is 37.3 Å². The van der Waals surface area contributed by atoms with Gasteiger partial charge in [-0.2, -0.15) is 0 Å². The third-order valence-corrected chi connectivity index (χ3v) is 3.41. The van der Waals surface area contributed by atoms with Crippen LogP contribution in [0.4, 0.5) is 0 Å². The van der Waals surface area contributed by atoms with Crippen molar-refractivity contribution in [2.24, 2.45) is 4.99 Å². The van der Waals surface area contributed by atoms with Gasteiger partial charge in [-0.3, -0.25) is 9.79 Å². The molecule has 0 aliphatic carbocycles. The standard InChI is InChI=1S/C14H18N2OS/c1-4-18-13(11(2)15-3)14(17)16-10-12-8-6-5-7-9-12/h5-9H,3-4,10H2,1-2H3,(H,16,17)/b13-11-. The zero-order chi connectivity index (χ0) is 13.4. The minimum atomic E-state index is -0.0874. The lowest BCUT2D eigenvalue weighted by atomic mass is 10.2. The highest BCUT2D eigenvalue weighted by molar-refractivity contribution is 8.04. The number of thioether (sulfide) groups is 1. The maximum absolute atomic E-state index is 12.0. The first-order valence-corrected chi connectivity index (χ1v) is 6.80. The number of benzene rings is 1. The van der Waals surface area contributed by atoms with E-state index in [2.05, 4.69) is 17.0 Å². The third-order valence-electron chi connectivity index (χ3n) is 2.36. The third kappa shape index (κ3) is 4.37. The molecule has 0 aliphatic heterocycles. The molecular weight excluding hydrogens is 244 g/mol. The van der Waals surface area contributed by atoms with Crippen molar-refractivity contribution < 1.29 is 4.79 Å². The fourth-order valence-electron chi connectivity index (χ4n) is 1.41. The molecule has 96 valence electrons. The van der Waals surface area contributed by atoms with Gasteiger partial charge in [0.2, 0.25) is 0 Å². The zero-order valence-corrected chi connectivity index (χ0v) is 11.6. The largest absolute Gasteiger partial charge is 0.347 e. The quantitative estimate of drug-likeness (QED) is 0.632. The van der Waals surface area contributed by atoms with Crippen molar-refractivity contribution in [1.82, 2.24) is 5.32 Å². The van der Waals surface area contributed by atoms with Crippen LogP contribution < -0.4 is 5.32 Å². The SMILES string of the molecule is C=N/C(C)=C(\SCC)C(=O)NCc1ccccc1. The topological polar surface area (TPSA) is 41.5 Å². The molecule has 0 saturated heterocycles. The summed E-state index contributed by atoms with van der Waals surface area (Å²) >= 11 is 1.49. The molecule has 0 heterocycles. The molecule has 1 aromatic rings. The molecule has 0 aromatic heterocycles. The number of aliphatic imine (C=N–C) groups is 1. The Morgan fingerprint density at radius 2 is 2.06 bits per heavy atom. The van der Waals surface area contributed by atoms with Crippen LogP contribution in [0.1, 0.15) is 19.4 Å². The van der Waals surface area contributed by atoms with Gasteiger partial charge in [0, 0.05) is 6.54 Å². The van der Waals surface area contributed by atoms with Crippen LogP contribution in [0.3, 0.4) is 0 Å². The summed E-state index contributed by atoms with van der Waals surface area (Å²) in [7, 11) is 0. The van der Waals surface area contributed by atoms with Gasteiger partial charge in [0.15, 0.2) is 0 Å². The van der Waals surface area contributed by atoms with Gasteiger partial charge in [0.05, 0.1) is 10.6 Å². The molecule has 0 atom stereocenters. The Bertz CT molecular complexity index is 440. The van der Waals surface area contributed by atoms with Gasteiger partial charge in [-0.1, -0.05) is 37.3 Å². The Labute approximate surface area is 112 Å². The molecule has 0 aliphatic rings. The Morgan fingerprint density at radius 3 is 2.61 bits per heavy atom. The van der Waals surface area contributed by atoms with E-state index in [9.17, 15) is 4.79 Å². The summed E-state index contributed by atoms with van der Waals surface area (Å²) in [6, 6.07) is 9.82. The molecule has 1 rings (SSSR count). The highest BCUT2D eigenvalue weighted by atomic mass is 32.2. The summed E-state index contributed by atoms with van der Waals surface area (Å²) in [6.07, 6.45) is 0. The van der Waals surface area contributed by atoms with Crippen LogP contribution in [-0.4, -0.2) is 18.4 Å². The Hall–Kier alpha value is -1.55. The summed E-state index contributed by atoms with van der Waals surface area (Å²) in [5.74, 6) is 0.747. The minimum Gasteiger partial charge on any atom is -0.347 e. The molecule has 0 saturated carbocycles. The molecule has 1 amide bonds. The Morgan fingerprint density at radius 1 is 1.39 bits per heavy atom. The van der Waals surface area contributed by atoms with E-state index in [1.165, 1.54) is 11.8 Å². The number of hydrogen-bond acceptors (Lipinski definition) is 3. The molecule has 0 radical (unpaired) electrons. The van der Waals surface area contributed by atoms with Crippen LogP contribution in [-0.2, 0) is 11.3 Å². The van der Waals surface area contributed by atoms with Gasteiger partial charge in [0.25, 0.3) is 5.91 Å². The van der Waals surface area contributed by atoms with Crippen molar-refractivity contribution in [3.63, 3.8) is 0 Å². The van der Waals surface area contributed by atoms with E-state index in [4.69, 9.17) is 0 Å². The smallest absolute Gasteiger partial charge is 0.259 e. The predicted octanol–water partition coefficient (Wildman–Crippen LogP) is 2.99. The van der Waals surface area contributed by atoms with Gasteiger partial charge in [-0.05, 0) is 25.0 Å². The molecule has 1 aromatic carbocycles. The molecule has 3 nitrogen and oxygen atoms in total. The second kappa shape index (κ2) is 7.71. The van der Waals surface area contributed by atoms with Crippen LogP contribution in [0.5, 0.6) is 0 Å². The molecular formula is C14H18N2OS. The van der Waals surface area contributed by atoms with Crippen molar-refractivity contribution in [2.45, 2.75) is 20.4 Å². The van der Waals surface area contributed by atoms with Crippen molar-refractivity contribution in [3.05, 3.63) is 46.5 Å². The van der Waals surface area contributed by atoms with E-state index in [0.717, 1.165) is 11.3 Å². The van der Waals surface area contributed by atoms with Crippen LogP contribution in [0.15, 0.2) is 45.9 Å². The van der Waals surface area contributed by atoms with Crippen LogP contribution in [0.25, 0.3) is 0 Å². The van der Waals surface area contributed by atoms with Gasteiger partial charge in [-0.25, -0.2) is 0 Å². The second-order valence-corrected chi connectivity index (χ2v) is 4.95. The summed E-state index contributed by atoms with van der Waals surface area (Å²) in [5, 5.41) is 2.89. The van der Waals surface area contributed by atoms with Crippen LogP contribution >= 0.6 is 11.8 Å². The Kier molecular flexibility index (Phi) is 6.22. The van der Waals surface area contributed by atoms with E-state index in [-0.39, 0.29) is 5.91 Å². The number of hydrogen-bond donors (Lipinski definition) is 1. The lowest BCUT2D eigenvalue weighted by molar-refractivity contribution is -0.117. The van der Waals surface area contributed by atoms with Crippen molar-refractivity contribution in [1.29, 1.82) is 0 Å². The highest BCUT2D eigenvalue weighted by Gasteiger charge is 2.12. The minimum absolute atomic E-state index is 0.0874. The first-order valence-electron chi connectivity index (χ1n) is 5.81. The number of allylic oxidation sites excluding steroid dienone is 1. The summed E-state index contributed by atoms with van der Waals surface area (Å²) in [5.41, 5.74) is 1.75. The van der Waals surface area contributed by atoms with Crippen LogP contribution in [0.2, 0.25) is 0 Å². The monoisotopic (exact) mass is 262 g/mol. The molecule has 0 unspecified atom stereocenters. The molecule has 4 heteroatoms. The average Bonchev–Trinajstić information content (AvgIpc) is 2.42. The van der Waals surface area contributed by atoms with Gasteiger partial charge < -0.3 is 5.32 Å². The summed E-state index contributed by atoms with van der Waals surface area (Å²) < 4.78 is 0. The lowest BCUT2D eigenvalue weighted by Gasteiger charge is -2.09. The first-order chi connectivity index (χ1) is 8.69. The van der Waals surface area contributed by atoms with Gasteiger partial charge in [-0.15, -0.1) is 11.8 Å². The molecule has 1 N–H and O–H groups in total. The Balaban J connectivity index is 2.66. The van der Waals surface area contributed by atoms with E-state index < -0.39 is 0 Å². The number of carbonyl (C=O) groups is 1.